The van der Waals surface area contributed by atoms with Gasteiger partial charge in [-0.1, -0.05) is 18.2 Å². The lowest BCUT2D eigenvalue weighted by Gasteiger charge is -2.35. The quantitative estimate of drug-likeness (QED) is 0.851. The Morgan fingerprint density at radius 3 is 2.72 bits per heavy atom. The average molecular weight is 246 g/mol. The van der Waals surface area contributed by atoms with Crippen molar-refractivity contribution in [1.82, 2.24) is 9.88 Å². The van der Waals surface area contributed by atoms with Crippen LogP contribution in [0.25, 0.3) is 10.9 Å². The maximum atomic E-state index is 9.12. The molecule has 1 aromatic heterocycles. The Labute approximate surface area is 108 Å². The van der Waals surface area contributed by atoms with Crippen LogP contribution in [0.5, 0.6) is 0 Å². The topological polar surface area (TPSA) is 39.3 Å². The molecular weight excluding hydrogens is 224 g/mol. The number of hydrogen-bond acceptors (Lipinski definition) is 2. The molecule has 1 aromatic carbocycles. The minimum absolute atomic E-state index is 0.00707. The van der Waals surface area contributed by atoms with Crippen LogP contribution in [0.4, 0.5) is 0 Å². The van der Waals surface area contributed by atoms with Gasteiger partial charge in [0.2, 0.25) is 0 Å². The molecule has 18 heavy (non-hydrogen) atoms. The average Bonchev–Trinajstić information content (AvgIpc) is 2.73. The third-order valence-corrected chi connectivity index (χ3v) is 3.84. The zero-order valence-corrected chi connectivity index (χ0v) is 11.4. The van der Waals surface area contributed by atoms with Crippen molar-refractivity contribution in [2.75, 3.05) is 13.7 Å². The number of aliphatic hydroxyl groups excluding tert-OH is 1. The molecule has 0 unspecified atom stereocenters. The zero-order chi connectivity index (χ0) is 13.2. The number of aromatic nitrogens is 1. The van der Waals surface area contributed by atoms with E-state index in [1.165, 1.54) is 16.5 Å². The van der Waals surface area contributed by atoms with Crippen LogP contribution < -0.4 is 0 Å². The van der Waals surface area contributed by atoms with E-state index in [4.69, 9.17) is 5.11 Å². The highest BCUT2D eigenvalue weighted by Gasteiger charge is 2.23. The molecule has 0 aliphatic heterocycles. The third kappa shape index (κ3) is 2.57. The smallest absolute Gasteiger partial charge is 0.0457 e. The second kappa shape index (κ2) is 5.12. The van der Waals surface area contributed by atoms with E-state index in [9.17, 15) is 0 Å². The first-order valence-corrected chi connectivity index (χ1v) is 6.42. The highest BCUT2D eigenvalue weighted by atomic mass is 16.3. The summed E-state index contributed by atoms with van der Waals surface area (Å²) < 4.78 is 0. The highest BCUT2D eigenvalue weighted by molar-refractivity contribution is 5.82. The molecule has 3 nitrogen and oxygen atoms in total. The standard InChI is InChI=1S/C15H22N2O/c1-15(2,8-9-18)17(3)11-12-10-16-14-7-5-4-6-13(12)14/h4-7,10,16,18H,8-9,11H2,1-3H3. The number of nitrogens with one attached hydrogen (secondary N) is 1. The van der Waals surface area contributed by atoms with Gasteiger partial charge < -0.3 is 10.1 Å². The predicted molar refractivity (Wildman–Crippen MR) is 75.5 cm³/mol. The van der Waals surface area contributed by atoms with E-state index in [0.717, 1.165) is 13.0 Å². The van der Waals surface area contributed by atoms with Crippen molar-refractivity contribution >= 4 is 10.9 Å². The molecule has 0 amide bonds. The second-order valence-electron chi connectivity index (χ2n) is 5.50. The van der Waals surface area contributed by atoms with Gasteiger partial charge in [0, 0.05) is 35.8 Å². The summed E-state index contributed by atoms with van der Waals surface area (Å²) in [5.41, 5.74) is 2.49. The molecule has 1 heterocycles. The van der Waals surface area contributed by atoms with Gasteiger partial charge in [-0.25, -0.2) is 0 Å². The van der Waals surface area contributed by atoms with Crippen LogP contribution in [-0.2, 0) is 6.54 Å². The molecule has 2 N–H and O–H groups in total. The lowest BCUT2D eigenvalue weighted by atomic mass is 9.98. The maximum absolute atomic E-state index is 9.12. The van der Waals surface area contributed by atoms with E-state index in [1.807, 2.05) is 6.07 Å². The molecule has 0 aliphatic carbocycles. The van der Waals surface area contributed by atoms with E-state index in [-0.39, 0.29) is 12.1 Å². The Morgan fingerprint density at radius 2 is 2.00 bits per heavy atom. The highest BCUT2D eigenvalue weighted by Crippen LogP contribution is 2.23. The molecule has 2 aromatic rings. The molecule has 0 atom stereocenters. The largest absolute Gasteiger partial charge is 0.396 e. The monoisotopic (exact) mass is 246 g/mol. The van der Waals surface area contributed by atoms with Crippen molar-refractivity contribution < 1.29 is 5.11 Å². The normalized spacial score (nSPS) is 12.5. The Hall–Kier alpha value is -1.32. The van der Waals surface area contributed by atoms with Gasteiger partial charge in [0.25, 0.3) is 0 Å². The van der Waals surface area contributed by atoms with Gasteiger partial charge in [-0.05, 0) is 38.9 Å². The number of benzene rings is 1. The number of aliphatic hydroxyl groups is 1. The summed E-state index contributed by atoms with van der Waals surface area (Å²) in [7, 11) is 2.11. The van der Waals surface area contributed by atoms with Crippen molar-refractivity contribution in [2.45, 2.75) is 32.4 Å². The summed E-state index contributed by atoms with van der Waals surface area (Å²) in [6.07, 6.45) is 2.86. The van der Waals surface area contributed by atoms with E-state index in [1.54, 1.807) is 0 Å². The molecule has 0 radical (unpaired) electrons. The fraction of sp³-hybridized carbons (Fsp3) is 0.467. The molecule has 0 saturated heterocycles. The van der Waals surface area contributed by atoms with Crippen LogP contribution in [0, 0.1) is 0 Å². The Kier molecular flexibility index (Phi) is 3.73. The molecular formula is C15H22N2O. The Morgan fingerprint density at radius 1 is 1.28 bits per heavy atom. The zero-order valence-electron chi connectivity index (χ0n) is 11.4. The minimum Gasteiger partial charge on any atom is -0.396 e. The van der Waals surface area contributed by atoms with Crippen LogP contribution in [0.3, 0.4) is 0 Å². The van der Waals surface area contributed by atoms with Crippen LogP contribution >= 0.6 is 0 Å². The molecule has 0 saturated carbocycles. The fourth-order valence-electron chi connectivity index (χ4n) is 2.20. The van der Waals surface area contributed by atoms with E-state index in [0.29, 0.717) is 0 Å². The number of para-hydroxylation sites is 1. The third-order valence-electron chi connectivity index (χ3n) is 3.84. The molecule has 98 valence electrons. The first-order valence-electron chi connectivity index (χ1n) is 6.42. The van der Waals surface area contributed by atoms with E-state index >= 15 is 0 Å². The molecule has 0 fully saturated rings. The Bertz CT molecular complexity index is 516. The van der Waals surface area contributed by atoms with Gasteiger partial charge in [0.15, 0.2) is 0 Å². The molecule has 0 aliphatic rings. The minimum atomic E-state index is 0.00707. The van der Waals surface area contributed by atoms with E-state index in [2.05, 4.69) is 55.2 Å². The van der Waals surface area contributed by atoms with Gasteiger partial charge in [-0.3, -0.25) is 4.90 Å². The Balaban J connectivity index is 2.19. The van der Waals surface area contributed by atoms with Crippen LogP contribution in [-0.4, -0.2) is 34.2 Å². The summed E-state index contributed by atoms with van der Waals surface area (Å²) in [5, 5.41) is 10.4. The number of H-pyrrole nitrogens is 1. The fourth-order valence-corrected chi connectivity index (χ4v) is 2.20. The van der Waals surface area contributed by atoms with Crippen LogP contribution in [0.15, 0.2) is 30.5 Å². The number of hydrogen-bond donors (Lipinski definition) is 2. The van der Waals surface area contributed by atoms with Gasteiger partial charge in [-0.15, -0.1) is 0 Å². The molecule has 0 bridgehead atoms. The summed E-state index contributed by atoms with van der Waals surface area (Å²) in [4.78, 5) is 5.59. The van der Waals surface area contributed by atoms with E-state index < -0.39 is 0 Å². The maximum Gasteiger partial charge on any atom is 0.0457 e. The lowest BCUT2D eigenvalue weighted by molar-refractivity contribution is 0.110. The molecule has 0 spiro atoms. The van der Waals surface area contributed by atoms with Crippen molar-refractivity contribution in [1.29, 1.82) is 0 Å². The van der Waals surface area contributed by atoms with Crippen molar-refractivity contribution in [3.8, 4) is 0 Å². The van der Waals surface area contributed by atoms with Gasteiger partial charge >= 0.3 is 0 Å². The first kappa shape index (κ1) is 13.1. The molecule has 2 rings (SSSR count). The first-order chi connectivity index (χ1) is 8.54. The van der Waals surface area contributed by atoms with Crippen LogP contribution in [0.1, 0.15) is 25.8 Å². The van der Waals surface area contributed by atoms with Gasteiger partial charge in [-0.2, -0.15) is 0 Å². The predicted octanol–water partition coefficient (Wildman–Crippen LogP) is 2.76. The lowest BCUT2D eigenvalue weighted by Crippen LogP contribution is -2.41. The van der Waals surface area contributed by atoms with Crippen LogP contribution in [0.2, 0.25) is 0 Å². The number of aromatic amines is 1. The SMILES string of the molecule is CN(Cc1c[nH]c2ccccc12)C(C)(C)CCO. The summed E-state index contributed by atoms with van der Waals surface area (Å²) in [6.45, 7) is 5.44. The van der Waals surface area contributed by atoms with Crippen molar-refractivity contribution in [2.24, 2.45) is 0 Å². The second-order valence-corrected chi connectivity index (χ2v) is 5.50. The number of fused-ring (bicyclic) bond motifs is 1. The van der Waals surface area contributed by atoms with Crippen molar-refractivity contribution in [3.05, 3.63) is 36.0 Å². The van der Waals surface area contributed by atoms with Gasteiger partial charge in [0.05, 0.1) is 0 Å². The summed E-state index contributed by atoms with van der Waals surface area (Å²) >= 11 is 0. The number of nitrogens with zero attached hydrogens (tertiary/aromatic N) is 1. The summed E-state index contributed by atoms with van der Waals surface area (Å²) in [5.74, 6) is 0. The van der Waals surface area contributed by atoms with Gasteiger partial charge in [0.1, 0.15) is 0 Å². The number of rotatable bonds is 5. The molecule has 3 heteroatoms. The summed E-state index contributed by atoms with van der Waals surface area (Å²) in [6, 6.07) is 8.35. The van der Waals surface area contributed by atoms with Crippen molar-refractivity contribution in [3.63, 3.8) is 0 Å².